The summed E-state index contributed by atoms with van der Waals surface area (Å²) >= 11 is 19.3. The molecule has 0 aliphatic carbocycles. The average molecular weight is 500 g/mol. The van der Waals surface area contributed by atoms with Crippen LogP contribution >= 0.6 is 46.6 Å². The summed E-state index contributed by atoms with van der Waals surface area (Å²) in [6, 6.07) is 12.4. The predicted molar refractivity (Wildman–Crippen MR) is 125 cm³/mol. The van der Waals surface area contributed by atoms with E-state index in [9.17, 15) is 4.79 Å². The summed E-state index contributed by atoms with van der Waals surface area (Å²) in [7, 11) is 0. The first kappa shape index (κ1) is 23.7. The van der Waals surface area contributed by atoms with Gasteiger partial charge in [0.05, 0.1) is 10.8 Å². The van der Waals surface area contributed by atoms with Gasteiger partial charge in [0.1, 0.15) is 5.75 Å². The SMILES string of the molecule is CCn1c(SCC(=O)NCc2ccc(Cl)cc2)nnc1C(C)Oc1ccc(Cl)cc1Cl. The van der Waals surface area contributed by atoms with Crippen LogP contribution in [0.25, 0.3) is 0 Å². The Morgan fingerprint density at radius 2 is 1.84 bits per heavy atom. The number of nitrogens with one attached hydrogen (secondary N) is 1. The quantitative estimate of drug-likeness (QED) is 0.376. The highest BCUT2D eigenvalue weighted by atomic mass is 35.5. The van der Waals surface area contributed by atoms with E-state index in [2.05, 4.69) is 15.5 Å². The van der Waals surface area contributed by atoms with E-state index < -0.39 is 0 Å². The van der Waals surface area contributed by atoms with Gasteiger partial charge in [-0.1, -0.05) is 58.7 Å². The Hall–Kier alpha value is -1.93. The minimum atomic E-state index is -0.390. The third-order valence-electron chi connectivity index (χ3n) is 4.36. The third-order valence-corrected chi connectivity index (χ3v) is 6.11. The first-order chi connectivity index (χ1) is 14.9. The molecule has 0 aliphatic rings. The zero-order valence-corrected chi connectivity index (χ0v) is 20.0. The van der Waals surface area contributed by atoms with E-state index in [0.717, 1.165) is 5.56 Å². The molecule has 3 rings (SSSR count). The second-order valence-electron chi connectivity index (χ2n) is 6.61. The van der Waals surface area contributed by atoms with Crippen molar-refractivity contribution in [2.45, 2.75) is 38.2 Å². The smallest absolute Gasteiger partial charge is 0.230 e. The molecular formula is C21H21Cl3N4O2S. The lowest BCUT2D eigenvalue weighted by atomic mass is 10.2. The summed E-state index contributed by atoms with van der Waals surface area (Å²) in [5.74, 6) is 1.30. The first-order valence-corrected chi connectivity index (χ1v) is 11.7. The van der Waals surface area contributed by atoms with Crippen LogP contribution in [0.1, 0.15) is 31.3 Å². The summed E-state index contributed by atoms with van der Waals surface area (Å²) in [6.07, 6.45) is -0.390. The normalized spacial score (nSPS) is 11.9. The van der Waals surface area contributed by atoms with E-state index >= 15 is 0 Å². The standard InChI is InChI=1S/C21H21Cl3N4O2S/c1-3-28-20(13(2)30-18-9-8-16(23)10-17(18)24)26-27-21(28)31-12-19(29)25-11-14-4-6-15(22)7-5-14/h4-10,13H,3,11-12H2,1-2H3,(H,25,29). The van der Waals surface area contributed by atoms with Crippen molar-refractivity contribution in [2.75, 3.05) is 5.75 Å². The van der Waals surface area contributed by atoms with E-state index in [1.54, 1.807) is 30.3 Å². The Kier molecular flexibility index (Phi) is 8.49. The number of rotatable bonds is 9. The van der Waals surface area contributed by atoms with E-state index in [1.165, 1.54) is 11.8 Å². The second-order valence-corrected chi connectivity index (χ2v) is 8.83. The maximum Gasteiger partial charge on any atom is 0.230 e. The van der Waals surface area contributed by atoms with Crippen LogP contribution in [0.15, 0.2) is 47.6 Å². The van der Waals surface area contributed by atoms with Gasteiger partial charge in [-0.2, -0.15) is 0 Å². The molecule has 10 heteroatoms. The Morgan fingerprint density at radius 3 is 2.52 bits per heavy atom. The van der Waals surface area contributed by atoms with Crippen LogP contribution in [0.3, 0.4) is 0 Å². The summed E-state index contributed by atoms with van der Waals surface area (Å²) in [4.78, 5) is 12.2. The van der Waals surface area contributed by atoms with E-state index in [4.69, 9.17) is 39.5 Å². The molecule has 0 bridgehead atoms. The molecule has 0 saturated heterocycles. The molecule has 0 spiro atoms. The predicted octanol–water partition coefficient (Wildman–Crippen LogP) is 5.81. The highest BCUT2D eigenvalue weighted by Gasteiger charge is 2.20. The lowest BCUT2D eigenvalue weighted by Crippen LogP contribution is -2.24. The monoisotopic (exact) mass is 498 g/mol. The van der Waals surface area contributed by atoms with Crippen molar-refractivity contribution >= 4 is 52.5 Å². The van der Waals surface area contributed by atoms with Crippen molar-refractivity contribution < 1.29 is 9.53 Å². The summed E-state index contributed by atoms with van der Waals surface area (Å²) < 4.78 is 7.87. The molecule has 31 heavy (non-hydrogen) atoms. The van der Waals surface area contributed by atoms with Crippen LogP contribution in [0, 0.1) is 0 Å². The molecule has 0 radical (unpaired) electrons. The highest BCUT2D eigenvalue weighted by Crippen LogP contribution is 2.31. The Labute approximate surface area is 200 Å². The van der Waals surface area contributed by atoms with Gasteiger partial charge < -0.3 is 14.6 Å². The molecule has 1 unspecified atom stereocenters. The van der Waals surface area contributed by atoms with Crippen LogP contribution in [0.2, 0.25) is 15.1 Å². The van der Waals surface area contributed by atoms with Crippen LogP contribution in [0.5, 0.6) is 5.75 Å². The number of ether oxygens (including phenoxy) is 1. The van der Waals surface area contributed by atoms with Crippen LogP contribution in [-0.2, 0) is 17.9 Å². The van der Waals surface area contributed by atoms with Crippen molar-refractivity contribution in [3.8, 4) is 5.75 Å². The molecule has 0 aliphatic heterocycles. The lowest BCUT2D eigenvalue weighted by Gasteiger charge is -2.16. The number of carbonyl (C=O) groups is 1. The minimum absolute atomic E-state index is 0.0932. The number of carbonyl (C=O) groups excluding carboxylic acids is 1. The van der Waals surface area contributed by atoms with Gasteiger partial charge in [0.2, 0.25) is 5.91 Å². The number of halogens is 3. The molecule has 1 aromatic heterocycles. The maximum absolute atomic E-state index is 12.2. The van der Waals surface area contributed by atoms with E-state index in [-0.39, 0.29) is 17.8 Å². The molecule has 3 aromatic rings. The minimum Gasteiger partial charge on any atom is -0.481 e. The molecule has 0 saturated carbocycles. The third kappa shape index (κ3) is 6.53. The second kappa shape index (κ2) is 11.1. The number of hydrogen-bond donors (Lipinski definition) is 1. The van der Waals surface area contributed by atoms with Gasteiger partial charge in [-0.05, 0) is 49.7 Å². The van der Waals surface area contributed by atoms with Gasteiger partial charge in [-0.15, -0.1) is 10.2 Å². The molecule has 0 fully saturated rings. The summed E-state index contributed by atoms with van der Waals surface area (Å²) in [6.45, 7) is 4.93. The summed E-state index contributed by atoms with van der Waals surface area (Å²) in [5, 5.41) is 13.7. The number of thioether (sulfide) groups is 1. The van der Waals surface area contributed by atoms with Gasteiger partial charge in [0.25, 0.3) is 0 Å². The zero-order valence-electron chi connectivity index (χ0n) is 16.9. The van der Waals surface area contributed by atoms with Gasteiger partial charge in [-0.3, -0.25) is 4.79 Å². The fourth-order valence-corrected chi connectivity index (χ4v) is 4.22. The van der Waals surface area contributed by atoms with Gasteiger partial charge >= 0.3 is 0 Å². The topological polar surface area (TPSA) is 69.0 Å². The van der Waals surface area contributed by atoms with Crippen LogP contribution in [-0.4, -0.2) is 26.4 Å². The number of aromatic nitrogens is 3. The molecule has 1 amide bonds. The van der Waals surface area contributed by atoms with Gasteiger partial charge in [0.15, 0.2) is 17.1 Å². The van der Waals surface area contributed by atoms with Crippen molar-refractivity contribution in [1.29, 1.82) is 0 Å². The zero-order chi connectivity index (χ0) is 22.4. The van der Waals surface area contributed by atoms with Crippen LogP contribution < -0.4 is 10.1 Å². The number of amides is 1. The van der Waals surface area contributed by atoms with Crippen LogP contribution in [0.4, 0.5) is 0 Å². The molecule has 2 aromatic carbocycles. The number of hydrogen-bond acceptors (Lipinski definition) is 5. The van der Waals surface area contributed by atoms with Crippen molar-refractivity contribution in [1.82, 2.24) is 20.1 Å². The molecule has 1 N–H and O–H groups in total. The highest BCUT2D eigenvalue weighted by molar-refractivity contribution is 7.99. The van der Waals surface area contributed by atoms with Crippen molar-refractivity contribution in [3.63, 3.8) is 0 Å². The van der Waals surface area contributed by atoms with E-state index in [1.807, 2.05) is 30.5 Å². The first-order valence-electron chi connectivity index (χ1n) is 9.56. The molecule has 164 valence electrons. The van der Waals surface area contributed by atoms with E-state index in [0.29, 0.717) is 44.9 Å². The largest absolute Gasteiger partial charge is 0.481 e. The van der Waals surface area contributed by atoms with Gasteiger partial charge in [0, 0.05) is 23.1 Å². The lowest BCUT2D eigenvalue weighted by molar-refractivity contribution is -0.118. The Bertz CT molecular complexity index is 1040. The van der Waals surface area contributed by atoms with Crippen molar-refractivity contribution in [2.24, 2.45) is 0 Å². The molecule has 6 nitrogen and oxygen atoms in total. The Morgan fingerprint density at radius 1 is 1.13 bits per heavy atom. The average Bonchev–Trinajstić information content (AvgIpc) is 3.17. The van der Waals surface area contributed by atoms with Crippen molar-refractivity contribution in [3.05, 3.63) is 68.9 Å². The fraction of sp³-hybridized carbons (Fsp3) is 0.286. The Balaban J connectivity index is 1.58. The number of benzene rings is 2. The number of nitrogens with zero attached hydrogens (tertiary/aromatic N) is 3. The molecular weight excluding hydrogens is 479 g/mol. The van der Waals surface area contributed by atoms with Gasteiger partial charge in [-0.25, -0.2) is 0 Å². The summed E-state index contributed by atoms with van der Waals surface area (Å²) in [5.41, 5.74) is 0.980. The maximum atomic E-state index is 12.2. The fourth-order valence-electron chi connectivity index (χ4n) is 2.80. The molecule has 1 heterocycles. The molecule has 1 atom stereocenters.